The molecule has 1 aliphatic rings. The average Bonchev–Trinajstić information content (AvgIpc) is 2.84. The summed E-state index contributed by atoms with van der Waals surface area (Å²) in [5.41, 5.74) is 4.07. The molecule has 1 aromatic heterocycles. The molecule has 15 heavy (non-hydrogen) atoms. The highest BCUT2D eigenvalue weighted by Crippen LogP contribution is 2.59. The maximum atomic E-state index is 12.6. The molecule has 82 valence electrons. The summed E-state index contributed by atoms with van der Waals surface area (Å²) >= 11 is 0. The minimum Gasteiger partial charge on any atom is -0.394 e. The van der Waals surface area contributed by atoms with Crippen LogP contribution in [0.2, 0.25) is 0 Å². The van der Waals surface area contributed by atoms with Gasteiger partial charge in [-0.05, 0) is 18.6 Å². The number of nitrogens with zero attached hydrogens (tertiary/aromatic N) is 1. The molecule has 1 unspecified atom stereocenters. The molecule has 1 aliphatic carbocycles. The first kappa shape index (κ1) is 10.1. The van der Waals surface area contributed by atoms with E-state index in [2.05, 4.69) is 0 Å². The Morgan fingerprint density at radius 1 is 1.67 bits per heavy atom. The van der Waals surface area contributed by atoms with E-state index < -0.39 is 17.9 Å². The zero-order chi connectivity index (χ0) is 11.2. The van der Waals surface area contributed by atoms with Crippen LogP contribution in [0.4, 0.5) is 14.5 Å². The number of anilines is 1. The van der Waals surface area contributed by atoms with Gasteiger partial charge in [-0.25, -0.2) is 8.78 Å². The smallest absolute Gasteiger partial charge is 0.273 e. The topological polar surface area (TPSA) is 48.0 Å². The van der Waals surface area contributed by atoms with Crippen molar-refractivity contribution in [3.05, 3.63) is 28.7 Å². The lowest BCUT2D eigenvalue weighted by molar-refractivity contribution is 0.0631. The molecule has 0 radical (unpaired) electrons. The third-order valence-electron chi connectivity index (χ3n) is 3.07. The van der Waals surface area contributed by atoms with Crippen molar-refractivity contribution in [2.45, 2.75) is 25.8 Å². The molecule has 0 bridgehead atoms. The van der Waals surface area contributed by atoms with Crippen molar-refractivity contribution in [2.24, 2.45) is 5.41 Å². The lowest BCUT2D eigenvalue weighted by Gasteiger charge is -2.11. The predicted octanol–water partition coefficient (Wildman–Crippen LogP) is 1.65. The first-order valence-electron chi connectivity index (χ1n) is 4.71. The third kappa shape index (κ3) is 1.42. The number of aromatic nitrogens is 1. The summed E-state index contributed by atoms with van der Waals surface area (Å²) in [5, 5.41) is 0. The Morgan fingerprint density at radius 2 is 2.33 bits per heavy atom. The Balaban J connectivity index is 2.35. The Hall–Kier alpha value is -1.39. The van der Waals surface area contributed by atoms with E-state index in [1.54, 1.807) is 6.07 Å². The van der Waals surface area contributed by atoms with Crippen LogP contribution in [0.3, 0.4) is 0 Å². The van der Waals surface area contributed by atoms with Gasteiger partial charge in [-0.1, -0.05) is 6.92 Å². The molecule has 0 amide bonds. The highest BCUT2D eigenvalue weighted by Gasteiger charge is 2.58. The van der Waals surface area contributed by atoms with E-state index in [4.69, 9.17) is 5.73 Å². The highest BCUT2D eigenvalue weighted by molar-refractivity contribution is 5.34. The largest absolute Gasteiger partial charge is 0.394 e. The van der Waals surface area contributed by atoms with E-state index in [1.165, 1.54) is 23.8 Å². The minimum absolute atomic E-state index is 0.0982. The van der Waals surface area contributed by atoms with Crippen molar-refractivity contribution in [3.63, 3.8) is 0 Å². The molecule has 0 aromatic carbocycles. The van der Waals surface area contributed by atoms with Crippen LogP contribution in [0, 0.1) is 5.41 Å². The summed E-state index contributed by atoms with van der Waals surface area (Å²) < 4.78 is 26.6. The van der Waals surface area contributed by atoms with E-state index in [0.717, 1.165) is 0 Å². The highest BCUT2D eigenvalue weighted by atomic mass is 19.3. The van der Waals surface area contributed by atoms with Gasteiger partial charge in [-0.15, -0.1) is 0 Å². The van der Waals surface area contributed by atoms with Crippen molar-refractivity contribution in [3.8, 4) is 0 Å². The number of nitrogen functional groups attached to an aromatic ring is 1. The molecule has 1 fully saturated rings. The summed E-state index contributed by atoms with van der Waals surface area (Å²) in [6.45, 7) is 1.48. The van der Waals surface area contributed by atoms with Crippen molar-refractivity contribution in [1.29, 1.82) is 0 Å². The molecular weight excluding hydrogens is 202 g/mol. The Bertz CT molecular complexity index is 443. The molecule has 1 aromatic rings. The molecule has 2 rings (SSSR count). The van der Waals surface area contributed by atoms with Crippen molar-refractivity contribution in [2.75, 3.05) is 5.73 Å². The Kier molecular flexibility index (Phi) is 2.06. The quantitative estimate of drug-likeness (QED) is 0.813. The van der Waals surface area contributed by atoms with E-state index >= 15 is 0 Å². The number of halogens is 2. The number of hydrogen-bond donors (Lipinski definition) is 1. The Morgan fingerprint density at radius 3 is 2.87 bits per heavy atom. The summed E-state index contributed by atoms with van der Waals surface area (Å²) in [7, 11) is 0. The molecule has 0 saturated heterocycles. The van der Waals surface area contributed by atoms with Gasteiger partial charge in [0.1, 0.15) is 0 Å². The van der Waals surface area contributed by atoms with Crippen LogP contribution >= 0.6 is 0 Å². The van der Waals surface area contributed by atoms with Crippen LogP contribution in [0.5, 0.6) is 0 Å². The van der Waals surface area contributed by atoms with Gasteiger partial charge >= 0.3 is 0 Å². The second-order valence-electron chi connectivity index (χ2n) is 4.20. The van der Waals surface area contributed by atoms with Gasteiger partial charge in [0.05, 0.1) is 11.1 Å². The molecule has 1 saturated carbocycles. The third-order valence-corrected chi connectivity index (χ3v) is 3.07. The zero-order valence-corrected chi connectivity index (χ0v) is 8.28. The van der Waals surface area contributed by atoms with Crippen LogP contribution < -0.4 is 11.3 Å². The lowest BCUT2D eigenvalue weighted by Crippen LogP contribution is -2.24. The van der Waals surface area contributed by atoms with Crippen LogP contribution in [-0.2, 0) is 0 Å². The maximum absolute atomic E-state index is 12.6. The first-order valence-corrected chi connectivity index (χ1v) is 4.71. The van der Waals surface area contributed by atoms with Crippen LogP contribution in [0.25, 0.3) is 0 Å². The lowest BCUT2D eigenvalue weighted by atomic mass is 10.1. The summed E-state index contributed by atoms with van der Waals surface area (Å²) in [6.07, 6.45) is -0.568. The van der Waals surface area contributed by atoms with Gasteiger partial charge in [0.25, 0.3) is 5.56 Å². The molecule has 5 heteroatoms. The van der Waals surface area contributed by atoms with E-state index in [1.807, 2.05) is 0 Å². The molecule has 3 nitrogen and oxygen atoms in total. The number of rotatable bonds is 2. The van der Waals surface area contributed by atoms with Crippen LogP contribution in [0.1, 0.15) is 19.4 Å². The predicted molar refractivity (Wildman–Crippen MR) is 52.9 cm³/mol. The Labute approximate surface area is 85.5 Å². The molecule has 0 spiro atoms. The van der Waals surface area contributed by atoms with E-state index in [9.17, 15) is 13.6 Å². The van der Waals surface area contributed by atoms with Gasteiger partial charge in [-0.2, -0.15) is 0 Å². The monoisotopic (exact) mass is 214 g/mol. The van der Waals surface area contributed by atoms with Crippen molar-refractivity contribution >= 4 is 5.69 Å². The van der Waals surface area contributed by atoms with E-state index in [-0.39, 0.29) is 11.2 Å². The average molecular weight is 214 g/mol. The molecule has 2 atom stereocenters. The normalized spacial score (nSPS) is 29.5. The molecule has 1 heterocycles. The first-order chi connectivity index (χ1) is 6.97. The van der Waals surface area contributed by atoms with Gasteiger partial charge in [0, 0.05) is 12.2 Å². The zero-order valence-electron chi connectivity index (χ0n) is 8.28. The fourth-order valence-electron chi connectivity index (χ4n) is 1.78. The van der Waals surface area contributed by atoms with Crippen LogP contribution in [-0.4, -0.2) is 11.0 Å². The van der Waals surface area contributed by atoms with Gasteiger partial charge in [0.2, 0.25) is 6.43 Å². The number of alkyl halides is 2. The van der Waals surface area contributed by atoms with Crippen molar-refractivity contribution < 1.29 is 8.78 Å². The van der Waals surface area contributed by atoms with Gasteiger partial charge < -0.3 is 10.3 Å². The summed E-state index contributed by atoms with van der Waals surface area (Å²) in [4.78, 5) is 11.6. The van der Waals surface area contributed by atoms with Crippen molar-refractivity contribution in [1.82, 2.24) is 4.57 Å². The van der Waals surface area contributed by atoms with Gasteiger partial charge in [-0.3, -0.25) is 4.79 Å². The maximum Gasteiger partial charge on any atom is 0.273 e. The van der Waals surface area contributed by atoms with E-state index in [0.29, 0.717) is 6.42 Å². The molecule has 0 aliphatic heterocycles. The number of nitrogens with two attached hydrogens (primary N) is 1. The van der Waals surface area contributed by atoms with Crippen LogP contribution in [0.15, 0.2) is 23.1 Å². The summed E-state index contributed by atoms with van der Waals surface area (Å²) in [6, 6.07) is 2.65. The standard InChI is InChI=1S/C10H12F2N2O/c1-10(9(11)12)5-7(10)14-4-2-3-6(13)8(14)15/h2-4,7,9H,5,13H2,1H3/t7?,10-/m0/s1. The second kappa shape index (κ2) is 3.05. The second-order valence-corrected chi connectivity index (χ2v) is 4.20. The SMILES string of the molecule is C[C@]1(C(F)F)CC1n1cccc(N)c1=O. The minimum atomic E-state index is -2.41. The fourth-order valence-corrected chi connectivity index (χ4v) is 1.78. The molecular formula is C10H12F2N2O. The summed E-state index contributed by atoms with van der Waals surface area (Å²) in [5.74, 6) is 0. The fraction of sp³-hybridized carbons (Fsp3) is 0.500. The molecule has 2 N–H and O–H groups in total. The van der Waals surface area contributed by atoms with Gasteiger partial charge in [0.15, 0.2) is 0 Å². The number of pyridine rings is 1. The number of hydrogen-bond acceptors (Lipinski definition) is 2.